The summed E-state index contributed by atoms with van der Waals surface area (Å²) in [5, 5.41) is 6.82. The molecule has 0 fully saturated rings. The van der Waals surface area contributed by atoms with E-state index in [2.05, 4.69) is 15.3 Å². The summed E-state index contributed by atoms with van der Waals surface area (Å²) in [6, 6.07) is 9.73. The van der Waals surface area contributed by atoms with Crippen LogP contribution in [0.3, 0.4) is 0 Å². The first kappa shape index (κ1) is 18.2. The first-order valence-corrected chi connectivity index (χ1v) is 9.96. The molecule has 6 nitrogen and oxygen atoms in total. The highest BCUT2D eigenvalue weighted by Gasteiger charge is 2.14. The number of rotatable bonds is 5. The van der Waals surface area contributed by atoms with E-state index in [1.54, 1.807) is 17.4 Å². The fourth-order valence-corrected chi connectivity index (χ4v) is 4.13. The number of hydrogen-bond acceptors (Lipinski definition) is 6. The maximum absolute atomic E-state index is 13.7. The predicted molar refractivity (Wildman–Crippen MR) is 108 cm³/mol. The zero-order chi connectivity index (χ0) is 19.5. The Balaban J connectivity index is 1.56. The molecule has 0 saturated heterocycles. The van der Waals surface area contributed by atoms with E-state index in [1.807, 2.05) is 22.9 Å². The number of para-hydroxylation sites is 1. The standard InChI is InChI=1S/C19H13FN4O2S2/c20-13-4-1-2-5-14(13)22-17(25)9-24-11-21-8-12(19(24)26)18-23-15(10-28-18)16-6-3-7-27-16/h1-8,10-11H,9H2,(H,22,25). The van der Waals surface area contributed by atoms with Crippen molar-refractivity contribution < 1.29 is 9.18 Å². The third-order valence-electron chi connectivity index (χ3n) is 3.87. The quantitative estimate of drug-likeness (QED) is 0.540. The molecule has 4 rings (SSSR count). The number of nitrogens with zero attached hydrogens (tertiary/aromatic N) is 3. The summed E-state index contributed by atoms with van der Waals surface area (Å²) in [5.74, 6) is -1.07. The molecular formula is C19H13FN4O2S2. The van der Waals surface area contributed by atoms with E-state index < -0.39 is 11.7 Å². The molecule has 0 aliphatic rings. The number of nitrogens with one attached hydrogen (secondary N) is 1. The van der Waals surface area contributed by atoms with Gasteiger partial charge in [0.1, 0.15) is 17.4 Å². The molecule has 1 N–H and O–H groups in total. The van der Waals surface area contributed by atoms with E-state index in [4.69, 9.17) is 0 Å². The molecule has 4 aromatic rings. The van der Waals surface area contributed by atoms with Gasteiger partial charge < -0.3 is 5.32 Å². The van der Waals surface area contributed by atoms with Crippen LogP contribution in [0.1, 0.15) is 0 Å². The van der Waals surface area contributed by atoms with Gasteiger partial charge in [-0.2, -0.15) is 0 Å². The summed E-state index contributed by atoms with van der Waals surface area (Å²) >= 11 is 2.90. The minimum absolute atomic E-state index is 0.0603. The summed E-state index contributed by atoms with van der Waals surface area (Å²) in [6.07, 6.45) is 2.71. The number of thiophene rings is 1. The number of hydrogen-bond donors (Lipinski definition) is 1. The number of carbonyl (C=O) groups is 1. The van der Waals surface area contributed by atoms with Crippen LogP contribution < -0.4 is 10.9 Å². The molecule has 3 heterocycles. The van der Waals surface area contributed by atoms with E-state index in [1.165, 1.54) is 46.6 Å². The minimum Gasteiger partial charge on any atom is -0.322 e. The molecule has 0 unspecified atom stereocenters. The van der Waals surface area contributed by atoms with E-state index in [9.17, 15) is 14.0 Å². The highest BCUT2D eigenvalue weighted by Crippen LogP contribution is 2.29. The lowest BCUT2D eigenvalue weighted by Crippen LogP contribution is -2.28. The Morgan fingerprint density at radius 3 is 2.82 bits per heavy atom. The van der Waals surface area contributed by atoms with Crippen LogP contribution in [0.25, 0.3) is 21.1 Å². The molecular weight excluding hydrogens is 399 g/mol. The van der Waals surface area contributed by atoms with Crippen LogP contribution in [0.2, 0.25) is 0 Å². The van der Waals surface area contributed by atoms with Gasteiger partial charge in [0.25, 0.3) is 5.56 Å². The Morgan fingerprint density at radius 2 is 2.04 bits per heavy atom. The molecule has 28 heavy (non-hydrogen) atoms. The van der Waals surface area contributed by atoms with Crippen molar-refractivity contribution in [1.82, 2.24) is 14.5 Å². The lowest BCUT2D eigenvalue weighted by Gasteiger charge is -2.08. The van der Waals surface area contributed by atoms with Gasteiger partial charge in [-0.3, -0.25) is 14.2 Å². The second kappa shape index (κ2) is 7.83. The molecule has 3 aromatic heterocycles. The van der Waals surface area contributed by atoms with Gasteiger partial charge in [0, 0.05) is 11.6 Å². The van der Waals surface area contributed by atoms with E-state index in [0.29, 0.717) is 10.6 Å². The van der Waals surface area contributed by atoms with Gasteiger partial charge in [0.15, 0.2) is 0 Å². The van der Waals surface area contributed by atoms with Crippen molar-refractivity contribution in [2.45, 2.75) is 6.54 Å². The molecule has 0 atom stereocenters. The molecule has 9 heteroatoms. The zero-order valence-electron chi connectivity index (χ0n) is 14.3. The van der Waals surface area contributed by atoms with Crippen LogP contribution in [0.15, 0.2) is 64.5 Å². The van der Waals surface area contributed by atoms with Gasteiger partial charge in [-0.25, -0.2) is 14.4 Å². The summed E-state index contributed by atoms with van der Waals surface area (Å²) in [6.45, 7) is -0.281. The Kier molecular flexibility index (Phi) is 5.09. The first-order chi connectivity index (χ1) is 13.6. The largest absolute Gasteiger partial charge is 0.322 e. The first-order valence-electron chi connectivity index (χ1n) is 8.20. The lowest BCUT2D eigenvalue weighted by molar-refractivity contribution is -0.116. The van der Waals surface area contributed by atoms with Gasteiger partial charge >= 0.3 is 0 Å². The molecule has 0 saturated carbocycles. The average Bonchev–Trinajstić information content (AvgIpc) is 3.37. The predicted octanol–water partition coefficient (Wildman–Crippen LogP) is 3.87. The van der Waals surface area contributed by atoms with Crippen LogP contribution in [0.4, 0.5) is 10.1 Å². The van der Waals surface area contributed by atoms with Gasteiger partial charge in [-0.05, 0) is 23.6 Å². The number of anilines is 1. The Morgan fingerprint density at radius 1 is 1.18 bits per heavy atom. The second-order valence-corrected chi connectivity index (χ2v) is 7.59. The normalized spacial score (nSPS) is 10.8. The van der Waals surface area contributed by atoms with Crippen LogP contribution in [-0.2, 0) is 11.3 Å². The molecule has 0 aliphatic heterocycles. The number of aromatic nitrogens is 3. The molecule has 0 aliphatic carbocycles. The summed E-state index contributed by atoms with van der Waals surface area (Å²) in [5.41, 5.74) is 0.784. The average molecular weight is 412 g/mol. The highest BCUT2D eigenvalue weighted by atomic mass is 32.1. The molecule has 0 radical (unpaired) electrons. The summed E-state index contributed by atoms with van der Waals surface area (Å²) in [4.78, 5) is 34.5. The second-order valence-electron chi connectivity index (χ2n) is 5.78. The monoisotopic (exact) mass is 412 g/mol. The number of benzene rings is 1. The zero-order valence-corrected chi connectivity index (χ0v) is 16.0. The van der Waals surface area contributed by atoms with Crippen LogP contribution in [0.5, 0.6) is 0 Å². The minimum atomic E-state index is -0.543. The number of carbonyl (C=O) groups excluding carboxylic acids is 1. The molecule has 140 valence electrons. The van der Waals surface area contributed by atoms with Crippen molar-refractivity contribution in [3.63, 3.8) is 0 Å². The number of halogens is 1. The van der Waals surface area contributed by atoms with Crippen LogP contribution in [0, 0.1) is 5.82 Å². The Bertz CT molecular complexity index is 1180. The topological polar surface area (TPSA) is 76.9 Å². The third kappa shape index (κ3) is 3.75. The van der Waals surface area contributed by atoms with Crippen molar-refractivity contribution in [3.05, 3.63) is 75.9 Å². The van der Waals surface area contributed by atoms with Crippen LogP contribution in [-0.4, -0.2) is 20.4 Å². The Hall–Kier alpha value is -3.17. The molecule has 1 amide bonds. The number of amides is 1. The van der Waals surface area contributed by atoms with Crippen molar-refractivity contribution in [2.24, 2.45) is 0 Å². The van der Waals surface area contributed by atoms with Gasteiger partial charge in [0.2, 0.25) is 5.91 Å². The molecule has 1 aromatic carbocycles. The fourth-order valence-electron chi connectivity index (χ4n) is 2.55. The van der Waals surface area contributed by atoms with Crippen molar-refractivity contribution in [2.75, 3.05) is 5.32 Å². The maximum Gasteiger partial charge on any atom is 0.264 e. The molecule has 0 bridgehead atoms. The van der Waals surface area contributed by atoms with Gasteiger partial charge in [0.05, 0.1) is 28.1 Å². The molecule has 0 spiro atoms. The lowest BCUT2D eigenvalue weighted by atomic mass is 10.3. The number of thiazole rings is 1. The summed E-state index contributed by atoms with van der Waals surface area (Å²) < 4.78 is 14.8. The van der Waals surface area contributed by atoms with E-state index in [0.717, 1.165) is 10.6 Å². The summed E-state index contributed by atoms with van der Waals surface area (Å²) in [7, 11) is 0. The highest BCUT2D eigenvalue weighted by molar-refractivity contribution is 7.15. The van der Waals surface area contributed by atoms with Crippen molar-refractivity contribution >= 4 is 34.3 Å². The van der Waals surface area contributed by atoms with Gasteiger partial charge in [-0.15, -0.1) is 22.7 Å². The maximum atomic E-state index is 13.7. The van der Waals surface area contributed by atoms with Crippen LogP contribution >= 0.6 is 22.7 Å². The van der Waals surface area contributed by atoms with Crippen molar-refractivity contribution in [3.8, 4) is 21.1 Å². The van der Waals surface area contributed by atoms with E-state index >= 15 is 0 Å². The van der Waals surface area contributed by atoms with E-state index in [-0.39, 0.29) is 17.8 Å². The fraction of sp³-hybridized carbons (Fsp3) is 0.0526. The van der Waals surface area contributed by atoms with Crippen molar-refractivity contribution in [1.29, 1.82) is 0 Å². The smallest absolute Gasteiger partial charge is 0.264 e. The SMILES string of the molecule is O=C(Cn1cncc(-c2nc(-c3cccs3)cs2)c1=O)Nc1ccccc1F. The van der Waals surface area contributed by atoms with Gasteiger partial charge in [-0.1, -0.05) is 18.2 Å². The Labute approximate surface area is 167 Å². The third-order valence-corrected chi connectivity index (χ3v) is 5.64.